The van der Waals surface area contributed by atoms with Crippen molar-refractivity contribution in [2.75, 3.05) is 43.4 Å². The standard InChI is InChI=1S/C22H25N7.C2H6/c1-15-17(12-23)5-4-6-18(15)13-25-22-19-11-21(29-9-7-28(3)8-10-29)24-14-20(19)16(2)26-27-22;1-2/h4-6,11,14H,7-10,13H2,1-3H3,(H,25,27);1-2H3. The number of rotatable bonds is 4. The number of aryl methyl sites for hydroxylation is 1. The van der Waals surface area contributed by atoms with E-state index in [0.29, 0.717) is 12.1 Å². The molecule has 1 fully saturated rings. The number of hydrogen-bond acceptors (Lipinski definition) is 7. The number of hydrogen-bond donors (Lipinski definition) is 1. The van der Waals surface area contributed by atoms with Crippen LogP contribution in [-0.2, 0) is 6.54 Å². The van der Waals surface area contributed by atoms with Gasteiger partial charge in [0.05, 0.1) is 17.3 Å². The summed E-state index contributed by atoms with van der Waals surface area (Å²) in [6.45, 7) is 12.5. The molecule has 1 N–H and O–H groups in total. The van der Waals surface area contributed by atoms with Crippen molar-refractivity contribution in [1.82, 2.24) is 20.1 Å². The first-order valence-electron chi connectivity index (χ1n) is 10.9. The summed E-state index contributed by atoms with van der Waals surface area (Å²) >= 11 is 0. The Balaban J connectivity index is 0.00000132. The molecule has 7 nitrogen and oxygen atoms in total. The lowest BCUT2D eigenvalue weighted by molar-refractivity contribution is 0.312. The van der Waals surface area contributed by atoms with Crippen LogP contribution in [0.5, 0.6) is 0 Å². The molecule has 4 rings (SSSR count). The molecule has 0 saturated carbocycles. The summed E-state index contributed by atoms with van der Waals surface area (Å²) in [5.41, 5.74) is 3.64. The fourth-order valence-corrected chi connectivity index (χ4v) is 3.68. The summed E-state index contributed by atoms with van der Waals surface area (Å²) in [5.74, 6) is 1.72. The zero-order valence-electron chi connectivity index (χ0n) is 19.1. The number of benzene rings is 1. The molecular weight excluding hydrogens is 386 g/mol. The van der Waals surface area contributed by atoms with Crippen LogP contribution in [0.15, 0.2) is 30.5 Å². The monoisotopic (exact) mass is 417 g/mol. The van der Waals surface area contributed by atoms with E-state index in [4.69, 9.17) is 0 Å². The van der Waals surface area contributed by atoms with Crippen LogP contribution < -0.4 is 10.2 Å². The second kappa shape index (κ2) is 10.2. The van der Waals surface area contributed by atoms with Gasteiger partial charge in [0.1, 0.15) is 5.82 Å². The molecule has 3 aromatic rings. The molecule has 0 aliphatic carbocycles. The van der Waals surface area contributed by atoms with Crippen molar-refractivity contribution in [2.24, 2.45) is 0 Å². The second-order valence-electron chi connectivity index (χ2n) is 7.57. The number of piperazine rings is 1. The third kappa shape index (κ3) is 4.92. The second-order valence-corrected chi connectivity index (χ2v) is 7.57. The molecule has 0 bridgehead atoms. The van der Waals surface area contributed by atoms with Crippen LogP contribution in [0.2, 0.25) is 0 Å². The summed E-state index contributed by atoms with van der Waals surface area (Å²) in [4.78, 5) is 9.34. The highest BCUT2D eigenvalue weighted by Gasteiger charge is 2.17. The van der Waals surface area contributed by atoms with Gasteiger partial charge in [-0.2, -0.15) is 10.4 Å². The smallest absolute Gasteiger partial charge is 0.157 e. The minimum atomic E-state index is 0.584. The quantitative estimate of drug-likeness (QED) is 0.689. The predicted molar refractivity (Wildman–Crippen MR) is 126 cm³/mol. The van der Waals surface area contributed by atoms with Gasteiger partial charge in [0.15, 0.2) is 5.82 Å². The highest BCUT2D eigenvalue weighted by atomic mass is 15.3. The predicted octanol–water partition coefficient (Wildman–Crippen LogP) is 3.90. The zero-order chi connectivity index (χ0) is 22.4. The van der Waals surface area contributed by atoms with Crippen LogP contribution in [0.1, 0.15) is 36.2 Å². The van der Waals surface area contributed by atoms with Gasteiger partial charge >= 0.3 is 0 Å². The van der Waals surface area contributed by atoms with E-state index in [-0.39, 0.29) is 0 Å². The molecule has 0 unspecified atom stereocenters. The Hall–Kier alpha value is -3.24. The van der Waals surface area contributed by atoms with Crippen LogP contribution in [0.25, 0.3) is 10.8 Å². The minimum absolute atomic E-state index is 0.584. The summed E-state index contributed by atoms with van der Waals surface area (Å²) in [6, 6.07) is 10.1. The van der Waals surface area contributed by atoms with Crippen LogP contribution >= 0.6 is 0 Å². The van der Waals surface area contributed by atoms with E-state index in [1.165, 1.54) is 0 Å². The first-order chi connectivity index (χ1) is 15.1. The molecule has 162 valence electrons. The molecule has 0 radical (unpaired) electrons. The average molecular weight is 418 g/mol. The van der Waals surface area contributed by atoms with E-state index in [2.05, 4.69) is 49.5 Å². The van der Waals surface area contributed by atoms with Gasteiger partial charge < -0.3 is 15.1 Å². The number of likely N-dealkylation sites (N-methyl/N-ethyl adjacent to an activating group) is 1. The first kappa shape index (κ1) is 22.4. The number of pyridine rings is 1. The van der Waals surface area contributed by atoms with Gasteiger partial charge in [-0.3, -0.25) is 0 Å². The van der Waals surface area contributed by atoms with Crippen LogP contribution in [0.3, 0.4) is 0 Å². The lowest BCUT2D eigenvalue weighted by Gasteiger charge is -2.33. The molecule has 0 atom stereocenters. The molecule has 31 heavy (non-hydrogen) atoms. The lowest BCUT2D eigenvalue weighted by atomic mass is 10.0. The van der Waals surface area contributed by atoms with Gasteiger partial charge in [0.2, 0.25) is 0 Å². The van der Waals surface area contributed by atoms with Gasteiger partial charge in [0.25, 0.3) is 0 Å². The molecule has 0 amide bonds. The third-order valence-corrected chi connectivity index (χ3v) is 5.67. The van der Waals surface area contributed by atoms with Gasteiger partial charge in [0, 0.05) is 49.7 Å². The molecule has 7 heteroatoms. The van der Waals surface area contributed by atoms with Gasteiger partial charge in [-0.1, -0.05) is 26.0 Å². The number of nitriles is 1. The van der Waals surface area contributed by atoms with Crippen molar-refractivity contribution in [3.63, 3.8) is 0 Å². The van der Waals surface area contributed by atoms with Crippen LogP contribution in [0.4, 0.5) is 11.6 Å². The maximum Gasteiger partial charge on any atom is 0.157 e. The number of anilines is 2. The van der Waals surface area contributed by atoms with Crippen molar-refractivity contribution in [3.05, 3.63) is 52.8 Å². The number of nitrogens with one attached hydrogen (secondary N) is 1. The minimum Gasteiger partial charge on any atom is -0.364 e. The van der Waals surface area contributed by atoms with Crippen LogP contribution in [0, 0.1) is 25.2 Å². The molecule has 2 aromatic heterocycles. The Morgan fingerprint density at radius 3 is 2.52 bits per heavy atom. The van der Waals surface area contributed by atoms with E-state index in [1.807, 2.05) is 52.1 Å². The fraction of sp³-hybridized carbons (Fsp3) is 0.417. The Kier molecular flexibility index (Phi) is 7.37. The van der Waals surface area contributed by atoms with Crippen molar-refractivity contribution in [1.29, 1.82) is 5.26 Å². The van der Waals surface area contributed by atoms with E-state index >= 15 is 0 Å². The molecule has 0 spiro atoms. The SMILES string of the molecule is CC.Cc1c(C#N)cccc1CNc1nnc(C)c2cnc(N3CCN(C)CC3)cc12. The van der Waals surface area contributed by atoms with E-state index in [1.54, 1.807) is 0 Å². The van der Waals surface area contributed by atoms with E-state index < -0.39 is 0 Å². The van der Waals surface area contributed by atoms with E-state index in [9.17, 15) is 5.26 Å². The zero-order valence-corrected chi connectivity index (χ0v) is 19.1. The average Bonchev–Trinajstić information content (AvgIpc) is 2.81. The number of nitrogens with zero attached hydrogens (tertiary/aromatic N) is 6. The van der Waals surface area contributed by atoms with Gasteiger partial charge in [-0.15, -0.1) is 5.10 Å². The Morgan fingerprint density at radius 1 is 1.06 bits per heavy atom. The first-order valence-corrected chi connectivity index (χ1v) is 10.9. The highest BCUT2D eigenvalue weighted by molar-refractivity contribution is 5.94. The summed E-state index contributed by atoms with van der Waals surface area (Å²) < 4.78 is 0. The number of fused-ring (bicyclic) bond motifs is 1. The topological polar surface area (TPSA) is 81.0 Å². The van der Waals surface area contributed by atoms with Crippen LogP contribution in [-0.4, -0.2) is 53.3 Å². The molecule has 3 heterocycles. The van der Waals surface area contributed by atoms with Gasteiger partial charge in [-0.05, 0) is 44.2 Å². The Labute approximate surface area is 184 Å². The van der Waals surface area contributed by atoms with Crippen molar-refractivity contribution in [2.45, 2.75) is 34.2 Å². The largest absolute Gasteiger partial charge is 0.364 e. The molecule has 1 aliphatic rings. The van der Waals surface area contributed by atoms with Crippen molar-refractivity contribution >= 4 is 22.4 Å². The summed E-state index contributed by atoms with van der Waals surface area (Å²) in [7, 11) is 2.15. The third-order valence-electron chi connectivity index (χ3n) is 5.67. The highest BCUT2D eigenvalue weighted by Crippen LogP contribution is 2.27. The summed E-state index contributed by atoms with van der Waals surface area (Å²) in [5, 5.41) is 23.4. The van der Waals surface area contributed by atoms with E-state index in [0.717, 1.165) is 65.4 Å². The maximum atomic E-state index is 9.26. The normalized spacial score (nSPS) is 14.0. The lowest BCUT2D eigenvalue weighted by Crippen LogP contribution is -2.44. The number of aromatic nitrogens is 3. The van der Waals surface area contributed by atoms with Crippen molar-refractivity contribution < 1.29 is 0 Å². The molecular formula is C24H31N7. The van der Waals surface area contributed by atoms with Crippen molar-refractivity contribution in [3.8, 4) is 6.07 Å². The van der Waals surface area contributed by atoms with Gasteiger partial charge in [-0.25, -0.2) is 4.98 Å². The fourth-order valence-electron chi connectivity index (χ4n) is 3.68. The maximum absolute atomic E-state index is 9.26. The molecule has 1 aromatic carbocycles. The molecule has 1 aliphatic heterocycles. The Morgan fingerprint density at radius 2 is 1.81 bits per heavy atom. The summed E-state index contributed by atoms with van der Waals surface area (Å²) in [6.07, 6.45) is 1.90. The Bertz CT molecular complexity index is 1080. The molecule has 1 saturated heterocycles.